The number of hydrogen-bond donors (Lipinski definition) is 0. The van der Waals surface area contributed by atoms with Crippen LogP contribution in [0.3, 0.4) is 0 Å². The molecule has 0 saturated carbocycles. The summed E-state index contributed by atoms with van der Waals surface area (Å²) in [4.78, 5) is 0. The van der Waals surface area contributed by atoms with E-state index in [0.717, 1.165) is 31.9 Å². The molecule has 0 saturated heterocycles. The Bertz CT molecular complexity index is 246. The van der Waals surface area contributed by atoms with Crippen LogP contribution in [-0.2, 0) is 0 Å². The van der Waals surface area contributed by atoms with Gasteiger partial charge in [-0.1, -0.05) is 28.8 Å². The van der Waals surface area contributed by atoms with Gasteiger partial charge in [-0.05, 0) is 20.8 Å². The zero-order valence-electron chi connectivity index (χ0n) is 9.14. The van der Waals surface area contributed by atoms with Crippen molar-refractivity contribution in [3.05, 3.63) is 28.8 Å². The maximum atomic E-state index is 11.1. The van der Waals surface area contributed by atoms with Gasteiger partial charge in [0.2, 0.25) is 0 Å². The molecule has 0 N–H and O–H groups in total. The fourth-order valence-electron chi connectivity index (χ4n) is 1.17. The average molecular weight is 192 g/mol. The van der Waals surface area contributed by atoms with E-state index in [9.17, 15) is 5.11 Å². The van der Waals surface area contributed by atoms with Crippen LogP contribution in [0.5, 0.6) is 5.75 Å². The second-order valence-corrected chi connectivity index (χ2v) is 4.46. The van der Waals surface area contributed by atoms with Crippen LogP contribution in [0.2, 0.25) is 11.6 Å². The normalized spacial score (nSPS) is 8.38. The Labute approximate surface area is 87.5 Å². The first kappa shape index (κ1) is 12.6. The van der Waals surface area contributed by atoms with Crippen molar-refractivity contribution in [3.8, 4) is 5.75 Å². The molecule has 0 aromatic heterocycles. The topological polar surface area (TPSA) is 23.1 Å². The van der Waals surface area contributed by atoms with E-state index in [2.05, 4.69) is 11.6 Å². The Morgan fingerprint density at radius 2 is 1.31 bits per heavy atom. The zero-order valence-corrected chi connectivity index (χ0v) is 10.3. The quantitative estimate of drug-likeness (QED) is 0.579. The number of rotatable bonds is 0. The molecule has 0 heterocycles. The predicted molar refractivity (Wildman–Crippen MR) is 57.6 cm³/mol. The first-order valence-corrected chi connectivity index (χ1v) is 6.82. The van der Waals surface area contributed by atoms with Crippen molar-refractivity contribution in [3.63, 3.8) is 0 Å². The molecule has 70 valence electrons. The van der Waals surface area contributed by atoms with Gasteiger partial charge >= 0.3 is 26.8 Å². The Morgan fingerprint density at radius 3 is 1.62 bits per heavy atom. The van der Waals surface area contributed by atoms with Crippen LogP contribution in [0, 0.1) is 20.8 Å². The monoisotopic (exact) mass is 192 g/mol. The third kappa shape index (κ3) is 4.36. The van der Waals surface area contributed by atoms with Gasteiger partial charge < -0.3 is 5.11 Å². The standard InChI is InChI=1S/C9H12O.2CH3.Al/c1-6-4-7(2)9(10)8(3)5-6;;;/h4-5,10H,1-3H3;2*1H3;/q;;;+1/p-1. The molecule has 0 atom stereocenters. The van der Waals surface area contributed by atoms with Gasteiger partial charge in [-0.15, -0.1) is 5.75 Å². The van der Waals surface area contributed by atoms with E-state index in [4.69, 9.17) is 0 Å². The Kier molecular flexibility index (Phi) is 5.87. The van der Waals surface area contributed by atoms with Crippen molar-refractivity contribution in [2.45, 2.75) is 32.3 Å². The Morgan fingerprint density at radius 1 is 1.00 bits per heavy atom. The molecule has 0 fully saturated rings. The molecule has 0 amide bonds. The van der Waals surface area contributed by atoms with Crippen LogP contribution in [0.1, 0.15) is 16.7 Å². The number of benzene rings is 1. The van der Waals surface area contributed by atoms with E-state index in [0.29, 0.717) is 0 Å². The third-order valence-electron chi connectivity index (χ3n) is 1.60. The second kappa shape index (κ2) is 6.07. The summed E-state index contributed by atoms with van der Waals surface area (Å²) in [6.45, 7) is 5.70. The van der Waals surface area contributed by atoms with Crippen LogP contribution >= 0.6 is 0 Å². The Hall–Kier alpha value is -0.448. The van der Waals surface area contributed by atoms with Crippen LogP contribution in [0.15, 0.2) is 12.1 Å². The predicted octanol–water partition coefficient (Wildman–Crippen LogP) is 2.47. The van der Waals surface area contributed by atoms with Crippen LogP contribution in [0.25, 0.3) is 0 Å². The summed E-state index contributed by atoms with van der Waals surface area (Å²) >= 11 is 0.750. The fraction of sp³-hybridized carbons (Fsp3) is 0.455. The molecule has 0 spiro atoms. The van der Waals surface area contributed by atoms with Crippen molar-refractivity contribution >= 4 is 15.2 Å². The summed E-state index contributed by atoms with van der Waals surface area (Å²) in [5, 5.41) is 11.1. The van der Waals surface area contributed by atoms with Crippen LogP contribution in [-0.4, -0.2) is 15.2 Å². The number of hydrogen-bond acceptors (Lipinski definition) is 1. The molecule has 2 heteroatoms. The van der Waals surface area contributed by atoms with Gasteiger partial charge in [0.1, 0.15) is 0 Å². The van der Waals surface area contributed by atoms with E-state index in [1.54, 1.807) is 0 Å². The van der Waals surface area contributed by atoms with Gasteiger partial charge in [-0.25, -0.2) is 0 Å². The van der Waals surface area contributed by atoms with Gasteiger partial charge in [-0.2, -0.15) is 0 Å². The number of aryl methyl sites for hydroxylation is 3. The molecule has 13 heavy (non-hydrogen) atoms. The summed E-state index contributed by atoms with van der Waals surface area (Å²) < 4.78 is 0. The molecular weight excluding hydrogens is 175 g/mol. The van der Waals surface area contributed by atoms with Crippen molar-refractivity contribution in [2.24, 2.45) is 0 Å². The average Bonchev–Trinajstić information content (AvgIpc) is 2.01. The second-order valence-electron chi connectivity index (χ2n) is 3.31. The molecular formula is C11H17AlO. The molecule has 1 aromatic carbocycles. The molecule has 1 aromatic rings. The minimum atomic E-state index is 0.172. The first-order valence-electron chi connectivity index (χ1n) is 4.51. The molecule has 1 rings (SSSR count). The summed E-state index contributed by atoms with van der Waals surface area (Å²) in [5.41, 5.74) is 2.85. The maximum absolute atomic E-state index is 11.1. The summed E-state index contributed by atoms with van der Waals surface area (Å²) in [6.07, 6.45) is 0. The van der Waals surface area contributed by atoms with Crippen molar-refractivity contribution in [2.75, 3.05) is 0 Å². The van der Waals surface area contributed by atoms with Crippen molar-refractivity contribution < 1.29 is 5.11 Å². The molecule has 0 unspecified atom stereocenters. The van der Waals surface area contributed by atoms with E-state index >= 15 is 0 Å². The third-order valence-corrected chi connectivity index (χ3v) is 1.60. The van der Waals surface area contributed by atoms with Crippen molar-refractivity contribution in [1.29, 1.82) is 0 Å². The van der Waals surface area contributed by atoms with Gasteiger partial charge in [0.25, 0.3) is 0 Å². The van der Waals surface area contributed by atoms with Crippen LogP contribution < -0.4 is 5.11 Å². The SMILES string of the molecule is Cc1cc(C)c([O-])c(C)c1.[CH3][Al+][CH3]. The van der Waals surface area contributed by atoms with E-state index in [-0.39, 0.29) is 5.75 Å². The molecule has 0 bridgehead atoms. The van der Waals surface area contributed by atoms with Crippen LogP contribution in [0.4, 0.5) is 0 Å². The summed E-state index contributed by atoms with van der Waals surface area (Å²) in [5.74, 6) is 4.59. The fourth-order valence-corrected chi connectivity index (χ4v) is 1.17. The molecule has 0 aliphatic rings. The summed E-state index contributed by atoms with van der Waals surface area (Å²) in [7, 11) is 0. The minimum absolute atomic E-state index is 0.172. The molecule has 0 radical (unpaired) electrons. The van der Waals surface area contributed by atoms with Crippen molar-refractivity contribution in [1.82, 2.24) is 0 Å². The molecule has 0 aliphatic carbocycles. The van der Waals surface area contributed by atoms with Gasteiger partial charge in [-0.3, -0.25) is 0 Å². The van der Waals surface area contributed by atoms with E-state index < -0.39 is 0 Å². The van der Waals surface area contributed by atoms with E-state index in [1.165, 1.54) is 0 Å². The molecule has 1 nitrogen and oxygen atoms in total. The van der Waals surface area contributed by atoms with Gasteiger partial charge in [0, 0.05) is 0 Å². The Balaban J connectivity index is 0.000000424. The zero-order chi connectivity index (χ0) is 10.4. The van der Waals surface area contributed by atoms with E-state index in [1.807, 2.05) is 32.9 Å². The summed E-state index contributed by atoms with van der Waals surface area (Å²) in [6, 6.07) is 3.82. The van der Waals surface area contributed by atoms with Gasteiger partial charge in [0.15, 0.2) is 0 Å². The first-order chi connectivity index (χ1) is 6.02. The molecule has 0 aliphatic heterocycles. The van der Waals surface area contributed by atoms with Gasteiger partial charge in [0.05, 0.1) is 0 Å².